The molecule has 5 nitrogen and oxygen atoms in total. The average Bonchev–Trinajstić information content (AvgIpc) is 2.86. The number of allylic oxidation sites excluding steroid dienone is 1. The second-order valence-electron chi connectivity index (χ2n) is 10.1. The molecule has 4 aliphatic rings. The van der Waals surface area contributed by atoms with Crippen molar-refractivity contribution in [1.29, 1.82) is 0 Å². The minimum atomic E-state index is -0.569. The summed E-state index contributed by atoms with van der Waals surface area (Å²) in [5.74, 6) is 1.00. The number of carbonyl (C=O) groups is 2. The third-order valence-electron chi connectivity index (χ3n) is 8.66. The summed E-state index contributed by atoms with van der Waals surface area (Å²) >= 11 is 0. The number of aliphatic hydroxyl groups excluding tert-OH is 1. The van der Waals surface area contributed by atoms with Crippen molar-refractivity contribution in [3.8, 4) is 0 Å². The second-order valence-corrected chi connectivity index (χ2v) is 10.1. The maximum Gasteiger partial charge on any atom is 0.302 e. The summed E-state index contributed by atoms with van der Waals surface area (Å²) in [7, 11) is 0. The summed E-state index contributed by atoms with van der Waals surface area (Å²) < 4.78 is 11.0. The van der Waals surface area contributed by atoms with Gasteiger partial charge in [0.2, 0.25) is 0 Å². The molecule has 28 heavy (non-hydrogen) atoms. The van der Waals surface area contributed by atoms with E-state index in [4.69, 9.17) is 9.47 Å². The molecule has 0 heterocycles. The molecule has 5 heteroatoms. The summed E-state index contributed by atoms with van der Waals surface area (Å²) in [5.41, 5.74) is 1.45. The molecule has 0 aromatic carbocycles. The van der Waals surface area contributed by atoms with E-state index < -0.39 is 6.10 Å². The van der Waals surface area contributed by atoms with E-state index in [2.05, 4.69) is 19.9 Å². The van der Waals surface area contributed by atoms with E-state index >= 15 is 0 Å². The van der Waals surface area contributed by atoms with Gasteiger partial charge < -0.3 is 14.6 Å². The normalized spacial score (nSPS) is 47.2. The SMILES string of the molecule is CC(=O)O[C@@H]1CCC2(C)C(=CCC3C2CCC2(C)C3C[C@@H](OC(C)=O)C2O)C1. The van der Waals surface area contributed by atoms with Crippen molar-refractivity contribution >= 4 is 11.9 Å². The average molecular weight is 391 g/mol. The third-order valence-corrected chi connectivity index (χ3v) is 8.66. The molecule has 6 unspecified atom stereocenters. The standard InChI is InChI=1S/C23H34O5/c1-13(24)27-16-7-9-22(3)15(11-16)5-6-17-18(22)8-10-23(4)19(17)12-20(21(23)26)28-14(2)25/h5,16-21,26H,6-12H2,1-4H3/t16-,17?,18?,19?,20-,21?,22?,23?/m1/s1. The molecule has 3 fully saturated rings. The molecule has 0 bridgehead atoms. The fourth-order valence-corrected chi connectivity index (χ4v) is 7.25. The van der Waals surface area contributed by atoms with Gasteiger partial charge in [0, 0.05) is 25.7 Å². The fourth-order valence-electron chi connectivity index (χ4n) is 7.25. The van der Waals surface area contributed by atoms with Crippen LogP contribution in [0.3, 0.4) is 0 Å². The lowest BCUT2D eigenvalue weighted by molar-refractivity contribution is -0.154. The van der Waals surface area contributed by atoms with Crippen LogP contribution in [0.4, 0.5) is 0 Å². The lowest BCUT2D eigenvalue weighted by Crippen LogP contribution is -2.51. The first-order valence-corrected chi connectivity index (χ1v) is 10.9. The number of rotatable bonds is 2. The molecule has 0 aromatic rings. The van der Waals surface area contributed by atoms with Gasteiger partial charge in [-0.1, -0.05) is 25.5 Å². The van der Waals surface area contributed by atoms with Crippen LogP contribution in [0.2, 0.25) is 0 Å². The zero-order chi connectivity index (χ0) is 20.3. The zero-order valence-corrected chi connectivity index (χ0v) is 17.6. The van der Waals surface area contributed by atoms with Crippen LogP contribution in [0.25, 0.3) is 0 Å². The quantitative estimate of drug-likeness (QED) is 0.574. The van der Waals surface area contributed by atoms with Gasteiger partial charge in [0.05, 0.1) is 6.10 Å². The Morgan fingerprint density at radius 3 is 2.46 bits per heavy atom. The predicted molar refractivity (Wildman–Crippen MR) is 104 cm³/mol. The molecule has 3 saturated carbocycles. The van der Waals surface area contributed by atoms with Gasteiger partial charge in [-0.05, 0) is 61.7 Å². The summed E-state index contributed by atoms with van der Waals surface area (Å²) in [6, 6.07) is 0. The van der Waals surface area contributed by atoms with Crippen LogP contribution in [0.15, 0.2) is 11.6 Å². The Morgan fingerprint density at radius 2 is 1.79 bits per heavy atom. The highest BCUT2D eigenvalue weighted by Gasteiger charge is 2.61. The largest absolute Gasteiger partial charge is 0.462 e. The van der Waals surface area contributed by atoms with E-state index in [1.54, 1.807) is 0 Å². The highest BCUT2D eigenvalue weighted by molar-refractivity contribution is 5.66. The van der Waals surface area contributed by atoms with Gasteiger partial charge in [-0.15, -0.1) is 0 Å². The van der Waals surface area contributed by atoms with Crippen molar-refractivity contribution in [3.63, 3.8) is 0 Å². The van der Waals surface area contributed by atoms with Crippen LogP contribution in [0, 0.1) is 28.6 Å². The number of aliphatic hydroxyl groups is 1. The number of esters is 2. The molecule has 1 N–H and O–H groups in total. The van der Waals surface area contributed by atoms with E-state index in [1.807, 2.05) is 0 Å². The Hall–Kier alpha value is -1.36. The van der Waals surface area contributed by atoms with Crippen LogP contribution in [0.5, 0.6) is 0 Å². The van der Waals surface area contributed by atoms with Gasteiger partial charge in [-0.25, -0.2) is 0 Å². The predicted octanol–water partition coefficient (Wildman–Crippen LogP) is 3.78. The number of hydrogen-bond donors (Lipinski definition) is 1. The van der Waals surface area contributed by atoms with Crippen LogP contribution in [-0.2, 0) is 19.1 Å². The van der Waals surface area contributed by atoms with Crippen LogP contribution in [-0.4, -0.2) is 35.4 Å². The van der Waals surface area contributed by atoms with Crippen molar-refractivity contribution in [2.45, 2.75) is 91.0 Å². The van der Waals surface area contributed by atoms with E-state index in [0.29, 0.717) is 17.8 Å². The smallest absolute Gasteiger partial charge is 0.302 e. The fraction of sp³-hybridized carbons (Fsp3) is 0.826. The summed E-state index contributed by atoms with van der Waals surface area (Å²) in [4.78, 5) is 22.9. The number of hydrogen-bond acceptors (Lipinski definition) is 5. The number of carbonyl (C=O) groups excluding carboxylic acids is 2. The maximum atomic E-state index is 11.5. The summed E-state index contributed by atoms with van der Waals surface area (Å²) in [6.45, 7) is 7.52. The van der Waals surface area contributed by atoms with Gasteiger partial charge in [0.25, 0.3) is 0 Å². The van der Waals surface area contributed by atoms with Crippen molar-refractivity contribution < 1.29 is 24.2 Å². The van der Waals surface area contributed by atoms with Crippen molar-refractivity contribution in [3.05, 3.63) is 11.6 Å². The first-order chi connectivity index (χ1) is 13.1. The first kappa shape index (κ1) is 19.9. The van der Waals surface area contributed by atoms with Gasteiger partial charge in [0.15, 0.2) is 0 Å². The minimum Gasteiger partial charge on any atom is -0.462 e. The van der Waals surface area contributed by atoms with E-state index in [0.717, 1.165) is 44.9 Å². The lowest BCUT2D eigenvalue weighted by atomic mass is 9.48. The van der Waals surface area contributed by atoms with Gasteiger partial charge in [-0.3, -0.25) is 9.59 Å². The van der Waals surface area contributed by atoms with Gasteiger partial charge in [0.1, 0.15) is 12.2 Å². The van der Waals surface area contributed by atoms with Crippen molar-refractivity contribution in [2.75, 3.05) is 0 Å². The number of ether oxygens (including phenoxy) is 2. The molecular weight excluding hydrogens is 356 g/mol. The Labute approximate surface area is 167 Å². The molecule has 8 atom stereocenters. The van der Waals surface area contributed by atoms with Crippen molar-refractivity contribution in [2.24, 2.45) is 28.6 Å². The molecule has 0 amide bonds. The van der Waals surface area contributed by atoms with Gasteiger partial charge in [-0.2, -0.15) is 0 Å². The van der Waals surface area contributed by atoms with Crippen molar-refractivity contribution in [1.82, 2.24) is 0 Å². The first-order valence-electron chi connectivity index (χ1n) is 10.9. The highest BCUT2D eigenvalue weighted by atomic mass is 16.6. The molecule has 156 valence electrons. The highest BCUT2D eigenvalue weighted by Crippen LogP contribution is 2.65. The van der Waals surface area contributed by atoms with Crippen LogP contribution in [0.1, 0.15) is 72.6 Å². The molecule has 0 saturated heterocycles. The van der Waals surface area contributed by atoms with Gasteiger partial charge >= 0.3 is 11.9 Å². The molecular formula is C23H34O5. The Morgan fingerprint density at radius 1 is 1.07 bits per heavy atom. The Kier molecular flexibility index (Phi) is 4.88. The Bertz CT molecular complexity index is 699. The molecule has 4 aliphatic carbocycles. The van der Waals surface area contributed by atoms with E-state index in [1.165, 1.54) is 19.4 Å². The molecule has 4 rings (SSSR count). The minimum absolute atomic E-state index is 0.0175. The van der Waals surface area contributed by atoms with Crippen LogP contribution < -0.4 is 0 Å². The third kappa shape index (κ3) is 3.01. The maximum absolute atomic E-state index is 11.5. The Balaban J connectivity index is 1.57. The number of fused-ring (bicyclic) bond motifs is 5. The molecule has 0 aliphatic heterocycles. The summed E-state index contributed by atoms with van der Waals surface area (Å²) in [5, 5.41) is 11.0. The van der Waals surface area contributed by atoms with E-state index in [-0.39, 0.29) is 35.0 Å². The van der Waals surface area contributed by atoms with E-state index in [9.17, 15) is 14.7 Å². The monoisotopic (exact) mass is 390 g/mol. The topological polar surface area (TPSA) is 72.8 Å². The molecule has 0 radical (unpaired) electrons. The molecule has 0 aromatic heterocycles. The van der Waals surface area contributed by atoms with Crippen LogP contribution >= 0.6 is 0 Å². The lowest BCUT2D eigenvalue weighted by Gasteiger charge is -2.57. The summed E-state index contributed by atoms with van der Waals surface area (Å²) in [6.07, 6.45) is 8.19. The molecule has 0 spiro atoms. The zero-order valence-electron chi connectivity index (χ0n) is 17.6. The second kappa shape index (κ2) is 6.86.